The van der Waals surface area contributed by atoms with E-state index in [-0.39, 0.29) is 23.5 Å². The molecule has 4 aromatic rings. The molecule has 1 fully saturated rings. The Kier molecular flexibility index (Phi) is 6.48. The van der Waals surface area contributed by atoms with Crippen LogP contribution in [0.25, 0.3) is 20.8 Å². The summed E-state index contributed by atoms with van der Waals surface area (Å²) in [6, 6.07) is 11.6. The zero-order valence-electron chi connectivity index (χ0n) is 19.3. The molecule has 5 rings (SSSR count). The first-order chi connectivity index (χ1) is 16.9. The number of fused-ring (bicyclic) bond motifs is 1. The highest BCUT2D eigenvalue weighted by atomic mass is 32.1. The fourth-order valence-electron chi connectivity index (χ4n) is 4.11. The van der Waals surface area contributed by atoms with Crippen molar-refractivity contribution < 1.29 is 14.0 Å². The van der Waals surface area contributed by atoms with Crippen molar-refractivity contribution in [1.29, 1.82) is 0 Å². The number of thiazole rings is 1. The summed E-state index contributed by atoms with van der Waals surface area (Å²) in [5.74, 6) is -0.227. The number of amides is 2. The lowest BCUT2D eigenvalue weighted by Gasteiger charge is -2.32. The third-order valence-electron chi connectivity index (χ3n) is 6.02. The van der Waals surface area contributed by atoms with Gasteiger partial charge in [0.15, 0.2) is 5.13 Å². The van der Waals surface area contributed by atoms with E-state index in [4.69, 9.17) is 4.98 Å². The van der Waals surface area contributed by atoms with Gasteiger partial charge in [0.25, 0.3) is 5.91 Å². The molecule has 3 aromatic heterocycles. The summed E-state index contributed by atoms with van der Waals surface area (Å²) < 4.78 is 14.1. The van der Waals surface area contributed by atoms with Gasteiger partial charge in [-0.1, -0.05) is 11.3 Å². The van der Waals surface area contributed by atoms with Crippen LogP contribution < -0.4 is 10.2 Å². The van der Waals surface area contributed by atoms with Crippen molar-refractivity contribution in [2.75, 3.05) is 37.4 Å². The normalized spacial score (nSPS) is 14.3. The number of hydrogen-bond acceptors (Lipinski definition) is 7. The van der Waals surface area contributed by atoms with Crippen LogP contribution in [0.1, 0.15) is 22.5 Å². The first kappa shape index (κ1) is 23.4. The standard InChI is InChI=1S/C25H24FN5O2S2/c1-30(2)24(33)16-9-11-31(12-10-16)25-29-23-21(35-25)13-20(34-23)22(32)28-18-7-8-19(27-14-18)15-3-5-17(26)6-4-15/h3-8,13-14,16H,9-12H2,1-2H3,(H,28,32). The van der Waals surface area contributed by atoms with Gasteiger partial charge in [-0.2, -0.15) is 0 Å². The molecular weight excluding hydrogens is 485 g/mol. The van der Waals surface area contributed by atoms with Crippen LogP contribution in [-0.4, -0.2) is 53.9 Å². The second-order valence-electron chi connectivity index (χ2n) is 8.66. The van der Waals surface area contributed by atoms with E-state index in [1.807, 2.05) is 6.07 Å². The number of nitrogens with zero attached hydrogens (tertiary/aromatic N) is 4. The summed E-state index contributed by atoms with van der Waals surface area (Å²) in [7, 11) is 3.60. The molecule has 180 valence electrons. The van der Waals surface area contributed by atoms with Gasteiger partial charge >= 0.3 is 0 Å². The van der Waals surface area contributed by atoms with E-state index in [1.165, 1.54) is 23.5 Å². The number of nitrogens with one attached hydrogen (secondary N) is 1. The maximum atomic E-state index is 13.1. The van der Waals surface area contributed by atoms with Gasteiger partial charge in [0, 0.05) is 38.7 Å². The molecule has 0 saturated carbocycles. The molecule has 2 amide bonds. The maximum absolute atomic E-state index is 13.1. The van der Waals surface area contributed by atoms with E-state index < -0.39 is 0 Å². The number of rotatable bonds is 5. The van der Waals surface area contributed by atoms with Crippen LogP contribution in [0.3, 0.4) is 0 Å². The topological polar surface area (TPSA) is 78.4 Å². The number of piperidine rings is 1. The van der Waals surface area contributed by atoms with Gasteiger partial charge in [-0.3, -0.25) is 14.6 Å². The van der Waals surface area contributed by atoms with Crippen molar-refractivity contribution in [3.63, 3.8) is 0 Å². The van der Waals surface area contributed by atoms with Gasteiger partial charge in [0.05, 0.1) is 27.2 Å². The van der Waals surface area contributed by atoms with E-state index in [0.717, 1.165) is 46.2 Å². The molecule has 1 saturated heterocycles. The number of thiophene rings is 1. The van der Waals surface area contributed by atoms with Crippen LogP contribution in [0, 0.1) is 11.7 Å². The largest absolute Gasteiger partial charge is 0.349 e. The molecule has 1 aliphatic rings. The fraction of sp³-hybridized carbons (Fsp3) is 0.280. The summed E-state index contributed by atoms with van der Waals surface area (Å²) in [6.45, 7) is 1.61. The number of benzene rings is 1. The van der Waals surface area contributed by atoms with Gasteiger partial charge in [0.1, 0.15) is 10.6 Å². The van der Waals surface area contributed by atoms with Crippen LogP contribution in [0.4, 0.5) is 15.2 Å². The highest BCUT2D eigenvalue weighted by Crippen LogP contribution is 2.36. The lowest BCUT2D eigenvalue weighted by atomic mass is 9.96. The Morgan fingerprint density at radius 2 is 1.83 bits per heavy atom. The Bertz CT molecular complexity index is 1330. The zero-order chi connectivity index (χ0) is 24.5. The van der Waals surface area contributed by atoms with E-state index in [0.29, 0.717) is 16.3 Å². The molecule has 1 aliphatic heterocycles. The van der Waals surface area contributed by atoms with Crippen LogP contribution in [-0.2, 0) is 4.79 Å². The number of pyridine rings is 1. The van der Waals surface area contributed by atoms with E-state index in [2.05, 4.69) is 15.2 Å². The SMILES string of the molecule is CN(C)C(=O)C1CCN(c2nc3sc(C(=O)Nc4ccc(-c5ccc(F)cc5)nc4)cc3s2)CC1. The highest BCUT2D eigenvalue weighted by Gasteiger charge is 2.27. The summed E-state index contributed by atoms with van der Waals surface area (Å²) in [5.41, 5.74) is 2.09. The molecule has 7 nitrogen and oxygen atoms in total. The molecule has 1 N–H and O–H groups in total. The third-order valence-corrected chi connectivity index (χ3v) is 8.24. The van der Waals surface area contributed by atoms with Crippen molar-refractivity contribution in [3.8, 4) is 11.3 Å². The fourth-order valence-corrected chi connectivity index (χ4v) is 6.26. The predicted octanol–water partition coefficient (Wildman–Crippen LogP) is 5.12. The van der Waals surface area contributed by atoms with Gasteiger partial charge in [-0.25, -0.2) is 9.37 Å². The monoisotopic (exact) mass is 509 g/mol. The Labute approximate surface area is 210 Å². The molecule has 0 aliphatic carbocycles. The molecule has 10 heteroatoms. The Hall–Kier alpha value is -3.37. The molecular formula is C25H24FN5O2S2. The third kappa shape index (κ3) is 5.03. The second kappa shape index (κ2) is 9.71. The van der Waals surface area contributed by atoms with Crippen molar-refractivity contribution in [1.82, 2.24) is 14.9 Å². The minimum atomic E-state index is -0.295. The molecule has 4 heterocycles. The van der Waals surface area contributed by atoms with Gasteiger partial charge in [-0.15, -0.1) is 11.3 Å². The number of halogens is 1. The molecule has 0 bridgehead atoms. The number of anilines is 2. The molecule has 0 atom stereocenters. The molecule has 0 spiro atoms. The van der Waals surface area contributed by atoms with Gasteiger partial charge < -0.3 is 15.1 Å². The van der Waals surface area contributed by atoms with Crippen LogP contribution in [0.2, 0.25) is 0 Å². The average molecular weight is 510 g/mol. The maximum Gasteiger partial charge on any atom is 0.265 e. The minimum Gasteiger partial charge on any atom is -0.349 e. The number of carbonyl (C=O) groups excluding carboxylic acids is 2. The highest BCUT2D eigenvalue weighted by molar-refractivity contribution is 7.29. The number of carbonyl (C=O) groups is 2. The molecule has 35 heavy (non-hydrogen) atoms. The predicted molar refractivity (Wildman–Crippen MR) is 139 cm³/mol. The number of hydrogen-bond donors (Lipinski definition) is 1. The van der Waals surface area contributed by atoms with Gasteiger partial charge in [-0.05, 0) is 55.3 Å². The Balaban J connectivity index is 1.22. The van der Waals surface area contributed by atoms with Crippen molar-refractivity contribution in [2.24, 2.45) is 5.92 Å². The average Bonchev–Trinajstić information content (AvgIpc) is 3.44. The second-order valence-corrected chi connectivity index (χ2v) is 10.7. The first-order valence-corrected chi connectivity index (χ1v) is 12.9. The van der Waals surface area contributed by atoms with Crippen LogP contribution in [0.5, 0.6) is 0 Å². The summed E-state index contributed by atoms with van der Waals surface area (Å²) in [5, 5.41) is 3.82. The lowest BCUT2D eigenvalue weighted by Crippen LogP contribution is -2.40. The van der Waals surface area contributed by atoms with Crippen molar-refractivity contribution in [3.05, 3.63) is 59.4 Å². The summed E-state index contributed by atoms with van der Waals surface area (Å²) in [6.07, 6.45) is 3.24. The van der Waals surface area contributed by atoms with Crippen LogP contribution >= 0.6 is 22.7 Å². The number of aromatic nitrogens is 2. The van der Waals surface area contributed by atoms with Crippen molar-refractivity contribution >= 4 is 54.8 Å². The quantitative estimate of drug-likeness (QED) is 0.404. The first-order valence-electron chi connectivity index (χ1n) is 11.3. The van der Waals surface area contributed by atoms with Crippen molar-refractivity contribution in [2.45, 2.75) is 12.8 Å². The van der Waals surface area contributed by atoms with E-state index >= 15 is 0 Å². The summed E-state index contributed by atoms with van der Waals surface area (Å²) >= 11 is 2.94. The summed E-state index contributed by atoms with van der Waals surface area (Å²) in [4.78, 5) is 39.4. The van der Waals surface area contributed by atoms with Crippen LogP contribution in [0.15, 0.2) is 48.7 Å². The Morgan fingerprint density at radius 3 is 2.46 bits per heavy atom. The van der Waals surface area contributed by atoms with E-state index in [9.17, 15) is 14.0 Å². The zero-order valence-corrected chi connectivity index (χ0v) is 21.0. The molecule has 1 aromatic carbocycles. The Morgan fingerprint density at radius 1 is 1.09 bits per heavy atom. The van der Waals surface area contributed by atoms with E-state index in [1.54, 1.807) is 60.8 Å². The van der Waals surface area contributed by atoms with Gasteiger partial charge in [0.2, 0.25) is 5.91 Å². The molecule has 0 radical (unpaired) electrons. The minimum absolute atomic E-state index is 0.0804. The smallest absolute Gasteiger partial charge is 0.265 e. The molecule has 0 unspecified atom stereocenters. The lowest BCUT2D eigenvalue weighted by molar-refractivity contribution is -0.133.